The number of benzene rings is 1. The summed E-state index contributed by atoms with van der Waals surface area (Å²) in [6, 6.07) is 4.25. The zero-order chi connectivity index (χ0) is 15.6. The first-order valence-corrected chi connectivity index (χ1v) is 6.13. The average molecular weight is 295 g/mol. The van der Waals surface area contributed by atoms with Crippen LogP contribution in [0.25, 0.3) is 0 Å². The van der Waals surface area contributed by atoms with Crippen LogP contribution in [0.15, 0.2) is 24.3 Å². The lowest BCUT2D eigenvalue weighted by atomic mass is 10.1. The SMILES string of the molecule is CCc1cc(C(=O)Nc2cc(F)c(F)c(F)c2)cc(N)n1. The van der Waals surface area contributed by atoms with E-state index in [9.17, 15) is 18.0 Å². The molecule has 0 aliphatic rings. The van der Waals surface area contributed by atoms with Gasteiger partial charge in [-0.25, -0.2) is 18.2 Å². The highest BCUT2D eigenvalue weighted by molar-refractivity contribution is 6.04. The second-order valence-electron chi connectivity index (χ2n) is 4.33. The molecular weight excluding hydrogens is 283 g/mol. The van der Waals surface area contributed by atoms with Gasteiger partial charge >= 0.3 is 0 Å². The molecule has 1 aromatic heterocycles. The van der Waals surface area contributed by atoms with Gasteiger partial charge < -0.3 is 11.1 Å². The summed E-state index contributed by atoms with van der Waals surface area (Å²) in [5.74, 6) is -4.81. The zero-order valence-electron chi connectivity index (χ0n) is 11.1. The van der Waals surface area contributed by atoms with E-state index in [1.54, 1.807) is 0 Å². The maximum absolute atomic E-state index is 13.1. The van der Waals surface area contributed by atoms with Crippen molar-refractivity contribution in [2.45, 2.75) is 13.3 Å². The third-order valence-corrected chi connectivity index (χ3v) is 2.76. The van der Waals surface area contributed by atoms with E-state index in [0.29, 0.717) is 24.2 Å². The fourth-order valence-electron chi connectivity index (χ4n) is 1.75. The van der Waals surface area contributed by atoms with Crippen molar-refractivity contribution < 1.29 is 18.0 Å². The normalized spacial score (nSPS) is 10.5. The topological polar surface area (TPSA) is 68.0 Å². The van der Waals surface area contributed by atoms with Crippen LogP contribution in [0, 0.1) is 17.5 Å². The van der Waals surface area contributed by atoms with E-state index < -0.39 is 23.4 Å². The third-order valence-electron chi connectivity index (χ3n) is 2.76. The van der Waals surface area contributed by atoms with Gasteiger partial charge in [0, 0.05) is 29.1 Å². The molecule has 0 aliphatic heterocycles. The van der Waals surface area contributed by atoms with E-state index in [-0.39, 0.29) is 17.1 Å². The highest BCUT2D eigenvalue weighted by Crippen LogP contribution is 2.18. The van der Waals surface area contributed by atoms with E-state index in [4.69, 9.17) is 5.73 Å². The lowest BCUT2D eigenvalue weighted by Crippen LogP contribution is -2.14. The van der Waals surface area contributed by atoms with Crippen LogP contribution in [0.2, 0.25) is 0 Å². The van der Waals surface area contributed by atoms with Gasteiger partial charge in [0.05, 0.1) is 0 Å². The molecule has 1 aromatic carbocycles. The van der Waals surface area contributed by atoms with Crippen LogP contribution < -0.4 is 11.1 Å². The summed E-state index contributed by atoms with van der Waals surface area (Å²) in [5.41, 5.74) is 6.19. The first-order valence-electron chi connectivity index (χ1n) is 6.13. The van der Waals surface area contributed by atoms with Crippen molar-refractivity contribution in [2.75, 3.05) is 11.1 Å². The summed E-state index contributed by atoms with van der Waals surface area (Å²) < 4.78 is 39.0. The molecule has 0 saturated heterocycles. The van der Waals surface area contributed by atoms with Crippen LogP contribution in [0.4, 0.5) is 24.7 Å². The smallest absolute Gasteiger partial charge is 0.255 e. The summed E-state index contributed by atoms with van der Waals surface area (Å²) in [7, 11) is 0. The number of aromatic nitrogens is 1. The molecule has 0 radical (unpaired) electrons. The summed E-state index contributed by atoms with van der Waals surface area (Å²) in [5, 5.41) is 2.28. The van der Waals surface area contributed by atoms with Gasteiger partial charge in [-0.1, -0.05) is 6.92 Å². The Hall–Kier alpha value is -2.57. The van der Waals surface area contributed by atoms with E-state index in [1.165, 1.54) is 12.1 Å². The molecule has 0 aliphatic carbocycles. The number of pyridine rings is 1. The van der Waals surface area contributed by atoms with Crippen LogP contribution in [0.5, 0.6) is 0 Å². The zero-order valence-corrected chi connectivity index (χ0v) is 11.1. The first-order chi connectivity index (χ1) is 9.90. The molecule has 1 amide bonds. The molecule has 2 rings (SSSR count). The summed E-state index contributed by atoms with van der Waals surface area (Å²) in [6.07, 6.45) is 0.575. The second kappa shape index (κ2) is 5.82. The minimum atomic E-state index is -1.59. The van der Waals surface area contributed by atoms with Crippen molar-refractivity contribution in [2.24, 2.45) is 0 Å². The van der Waals surface area contributed by atoms with Crippen LogP contribution in [0.3, 0.4) is 0 Å². The molecule has 1 heterocycles. The Morgan fingerprint density at radius 3 is 2.38 bits per heavy atom. The highest BCUT2D eigenvalue weighted by Gasteiger charge is 2.14. The number of nitrogens with one attached hydrogen (secondary N) is 1. The van der Waals surface area contributed by atoms with Crippen molar-refractivity contribution in [3.8, 4) is 0 Å². The Morgan fingerprint density at radius 1 is 1.19 bits per heavy atom. The van der Waals surface area contributed by atoms with Crippen molar-refractivity contribution in [3.63, 3.8) is 0 Å². The Balaban J connectivity index is 2.28. The van der Waals surface area contributed by atoms with Crippen molar-refractivity contribution >= 4 is 17.4 Å². The van der Waals surface area contributed by atoms with Gasteiger partial charge in [-0.2, -0.15) is 0 Å². The maximum atomic E-state index is 13.1. The van der Waals surface area contributed by atoms with Gasteiger partial charge in [0.15, 0.2) is 17.5 Å². The van der Waals surface area contributed by atoms with Crippen LogP contribution in [-0.2, 0) is 6.42 Å². The number of aryl methyl sites for hydroxylation is 1. The van der Waals surface area contributed by atoms with Crippen LogP contribution in [-0.4, -0.2) is 10.9 Å². The predicted octanol–water partition coefficient (Wildman–Crippen LogP) is 2.90. The number of carbonyl (C=O) groups is 1. The number of rotatable bonds is 3. The first kappa shape index (κ1) is 14.8. The molecule has 4 nitrogen and oxygen atoms in total. The predicted molar refractivity (Wildman–Crippen MR) is 72.3 cm³/mol. The monoisotopic (exact) mass is 295 g/mol. The van der Waals surface area contributed by atoms with Crippen molar-refractivity contribution in [1.82, 2.24) is 4.98 Å². The van der Waals surface area contributed by atoms with Gasteiger partial charge in [0.25, 0.3) is 5.91 Å². The number of hydrogen-bond donors (Lipinski definition) is 2. The van der Waals surface area contributed by atoms with Crippen LogP contribution >= 0.6 is 0 Å². The lowest BCUT2D eigenvalue weighted by Gasteiger charge is -2.08. The minimum absolute atomic E-state index is 0.163. The molecule has 0 spiro atoms. The number of nitrogens with zero attached hydrogens (tertiary/aromatic N) is 1. The molecule has 0 atom stereocenters. The number of halogens is 3. The van der Waals surface area contributed by atoms with Crippen molar-refractivity contribution in [1.29, 1.82) is 0 Å². The molecule has 3 N–H and O–H groups in total. The highest BCUT2D eigenvalue weighted by atomic mass is 19.2. The van der Waals surface area contributed by atoms with E-state index >= 15 is 0 Å². The summed E-state index contributed by atoms with van der Waals surface area (Å²) in [6.45, 7) is 1.84. The Morgan fingerprint density at radius 2 is 1.81 bits per heavy atom. The Kier molecular flexibility index (Phi) is 4.11. The third kappa shape index (κ3) is 3.31. The molecule has 110 valence electrons. The number of nitrogen functional groups attached to an aromatic ring is 1. The van der Waals surface area contributed by atoms with E-state index in [1.807, 2.05) is 6.92 Å². The van der Waals surface area contributed by atoms with Gasteiger partial charge in [-0.05, 0) is 18.6 Å². The minimum Gasteiger partial charge on any atom is -0.384 e. The number of carbonyl (C=O) groups excluding carboxylic acids is 1. The molecule has 2 aromatic rings. The quantitative estimate of drug-likeness (QED) is 0.856. The van der Waals surface area contributed by atoms with Crippen molar-refractivity contribution in [3.05, 3.63) is 53.0 Å². The summed E-state index contributed by atoms with van der Waals surface area (Å²) >= 11 is 0. The summed E-state index contributed by atoms with van der Waals surface area (Å²) in [4.78, 5) is 16.0. The van der Waals surface area contributed by atoms with Crippen LogP contribution in [0.1, 0.15) is 23.0 Å². The Labute approximate surface area is 118 Å². The molecule has 0 bridgehead atoms. The molecular formula is C14H12F3N3O. The van der Waals surface area contributed by atoms with E-state index in [2.05, 4.69) is 10.3 Å². The fourth-order valence-corrected chi connectivity index (χ4v) is 1.75. The second-order valence-corrected chi connectivity index (χ2v) is 4.33. The average Bonchev–Trinajstić information content (AvgIpc) is 2.43. The number of amides is 1. The lowest BCUT2D eigenvalue weighted by molar-refractivity contribution is 0.102. The van der Waals surface area contributed by atoms with Gasteiger partial charge in [0.2, 0.25) is 0 Å². The fraction of sp³-hybridized carbons (Fsp3) is 0.143. The number of hydrogen-bond acceptors (Lipinski definition) is 3. The Bertz CT molecular complexity index is 681. The molecule has 0 unspecified atom stereocenters. The maximum Gasteiger partial charge on any atom is 0.255 e. The van der Waals surface area contributed by atoms with E-state index in [0.717, 1.165) is 0 Å². The van der Waals surface area contributed by atoms with Gasteiger partial charge in [-0.3, -0.25) is 4.79 Å². The molecule has 0 fully saturated rings. The van der Waals surface area contributed by atoms with Gasteiger partial charge in [-0.15, -0.1) is 0 Å². The van der Waals surface area contributed by atoms with Gasteiger partial charge in [0.1, 0.15) is 5.82 Å². The molecule has 0 saturated carbocycles. The molecule has 21 heavy (non-hydrogen) atoms. The number of anilines is 2. The standard InChI is InChI=1S/C14H12F3N3O/c1-2-8-3-7(4-12(18)19-8)14(21)20-9-5-10(15)13(17)11(16)6-9/h3-6H,2H2,1H3,(H2,18,19)(H,20,21). The molecule has 7 heteroatoms. The largest absolute Gasteiger partial charge is 0.384 e. The number of nitrogens with two attached hydrogens (primary N) is 1.